The van der Waals surface area contributed by atoms with Gasteiger partial charge in [-0.25, -0.2) is 0 Å². The molecule has 0 amide bonds. The van der Waals surface area contributed by atoms with Gasteiger partial charge >= 0.3 is 0 Å². The van der Waals surface area contributed by atoms with Gasteiger partial charge in [0.15, 0.2) is 0 Å². The molecule has 0 radical (unpaired) electrons. The maximum absolute atomic E-state index is 5.67. The molecule has 0 heterocycles. The first kappa shape index (κ1) is 14.8. The Morgan fingerprint density at radius 2 is 1.94 bits per heavy atom. The molecule has 0 spiro atoms. The summed E-state index contributed by atoms with van der Waals surface area (Å²) in [6.07, 6.45) is 7.89. The number of likely N-dealkylation sites (N-methyl/N-ethyl adjacent to an activating group) is 1. The van der Waals surface area contributed by atoms with Crippen molar-refractivity contribution in [2.45, 2.75) is 39.2 Å². The van der Waals surface area contributed by atoms with Crippen molar-refractivity contribution in [1.29, 1.82) is 0 Å². The van der Waals surface area contributed by atoms with Gasteiger partial charge in [0.25, 0.3) is 0 Å². The lowest BCUT2D eigenvalue weighted by molar-refractivity contribution is 0.306. The van der Waals surface area contributed by atoms with Crippen LogP contribution in [0.3, 0.4) is 0 Å². The minimum atomic E-state index is 0.398. The van der Waals surface area contributed by atoms with Crippen LogP contribution in [-0.4, -0.2) is 19.7 Å². The Balaban J connectivity index is 2.40. The molecule has 0 aliphatic carbocycles. The summed E-state index contributed by atoms with van der Waals surface area (Å²) in [6, 6.07) is 8.66. The highest BCUT2D eigenvalue weighted by molar-refractivity contribution is 5.51. The second kappa shape index (κ2) is 8.76. The summed E-state index contributed by atoms with van der Waals surface area (Å²) < 4.78 is 5.67. The van der Waals surface area contributed by atoms with Gasteiger partial charge in [-0.2, -0.15) is 0 Å². The zero-order valence-corrected chi connectivity index (χ0v) is 11.8. The molecule has 0 fully saturated rings. The standard InChI is InChI=1S/C16H25NO/c1-4-5-6-13-18-16-11-9-15(10-12-16)8-7-14(2)17-3/h7-12,14,17H,4-6,13H2,1-3H3/b8-7+. The molecule has 0 bridgehead atoms. The van der Waals surface area contributed by atoms with Crippen LogP contribution >= 0.6 is 0 Å². The van der Waals surface area contributed by atoms with Crippen LogP contribution in [0.15, 0.2) is 30.3 Å². The summed E-state index contributed by atoms with van der Waals surface area (Å²) in [7, 11) is 1.96. The van der Waals surface area contributed by atoms with Gasteiger partial charge < -0.3 is 10.1 Å². The molecule has 18 heavy (non-hydrogen) atoms. The minimum absolute atomic E-state index is 0.398. The second-order valence-corrected chi connectivity index (χ2v) is 4.56. The molecule has 1 unspecified atom stereocenters. The van der Waals surface area contributed by atoms with E-state index in [-0.39, 0.29) is 0 Å². The minimum Gasteiger partial charge on any atom is -0.494 e. The van der Waals surface area contributed by atoms with Crippen molar-refractivity contribution >= 4 is 6.08 Å². The molecule has 1 N–H and O–H groups in total. The number of ether oxygens (including phenoxy) is 1. The maximum Gasteiger partial charge on any atom is 0.119 e. The second-order valence-electron chi connectivity index (χ2n) is 4.56. The van der Waals surface area contributed by atoms with Crippen LogP contribution in [0.4, 0.5) is 0 Å². The van der Waals surface area contributed by atoms with E-state index in [0.717, 1.165) is 18.8 Å². The SMILES string of the molecule is CCCCCOc1ccc(/C=C/C(C)NC)cc1. The molecule has 100 valence electrons. The van der Waals surface area contributed by atoms with Crippen molar-refractivity contribution in [1.82, 2.24) is 5.32 Å². The first-order valence-corrected chi connectivity index (χ1v) is 6.84. The molecule has 1 atom stereocenters. The molecule has 2 nitrogen and oxygen atoms in total. The molecule has 0 aliphatic heterocycles. The van der Waals surface area contributed by atoms with Gasteiger partial charge in [0, 0.05) is 6.04 Å². The number of benzene rings is 1. The Kier molecular flexibility index (Phi) is 7.19. The average Bonchev–Trinajstić information content (AvgIpc) is 2.42. The number of rotatable bonds is 8. The number of hydrogen-bond donors (Lipinski definition) is 1. The summed E-state index contributed by atoms with van der Waals surface area (Å²) in [5, 5.41) is 3.17. The van der Waals surface area contributed by atoms with Crippen molar-refractivity contribution in [2.24, 2.45) is 0 Å². The van der Waals surface area contributed by atoms with Crippen molar-refractivity contribution in [3.8, 4) is 5.75 Å². The van der Waals surface area contributed by atoms with Crippen LogP contribution in [0.1, 0.15) is 38.7 Å². The lowest BCUT2D eigenvalue weighted by Gasteiger charge is -2.06. The summed E-state index contributed by atoms with van der Waals surface area (Å²) >= 11 is 0. The fourth-order valence-electron chi connectivity index (χ4n) is 1.57. The monoisotopic (exact) mass is 247 g/mol. The third kappa shape index (κ3) is 5.87. The van der Waals surface area contributed by atoms with Crippen molar-refractivity contribution in [3.05, 3.63) is 35.9 Å². The fraction of sp³-hybridized carbons (Fsp3) is 0.500. The summed E-state index contributed by atoms with van der Waals surface area (Å²) in [5.74, 6) is 0.963. The predicted molar refractivity (Wildman–Crippen MR) is 79.0 cm³/mol. The van der Waals surface area contributed by atoms with E-state index >= 15 is 0 Å². The normalized spacial score (nSPS) is 12.8. The number of unbranched alkanes of at least 4 members (excludes halogenated alkanes) is 2. The number of nitrogens with one attached hydrogen (secondary N) is 1. The van der Waals surface area contributed by atoms with Gasteiger partial charge in [-0.15, -0.1) is 0 Å². The van der Waals surface area contributed by atoms with E-state index in [9.17, 15) is 0 Å². The zero-order chi connectivity index (χ0) is 13.2. The van der Waals surface area contributed by atoms with E-state index in [1.807, 2.05) is 19.2 Å². The van der Waals surface area contributed by atoms with Gasteiger partial charge in [0.1, 0.15) is 5.75 Å². The van der Waals surface area contributed by atoms with Crippen LogP contribution in [0.5, 0.6) is 5.75 Å². The highest BCUT2D eigenvalue weighted by Gasteiger charge is 1.94. The van der Waals surface area contributed by atoms with Crippen molar-refractivity contribution in [3.63, 3.8) is 0 Å². The van der Waals surface area contributed by atoms with E-state index in [1.165, 1.54) is 18.4 Å². The smallest absolute Gasteiger partial charge is 0.119 e. The van der Waals surface area contributed by atoms with Crippen LogP contribution in [0.2, 0.25) is 0 Å². The Labute approximate surface area is 111 Å². The Bertz CT molecular complexity index is 343. The van der Waals surface area contributed by atoms with Gasteiger partial charge in [-0.1, -0.05) is 44.1 Å². The molecular formula is C16H25NO. The summed E-state index contributed by atoms with van der Waals surface area (Å²) in [4.78, 5) is 0. The molecule has 1 aromatic rings. The molecule has 0 aromatic heterocycles. The van der Waals surface area contributed by atoms with Crippen LogP contribution in [-0.2, 0) is 0 Å². The summed E-state index contributed by atoms with van der Waals surface area (Å²) in [5.41, 5.74) is 1.21. The highest BCUT2D eigenvalue weighted by Crippen LogP contribution is 2.14. The fourth-order valence-corrected chi connectivity index (χ4v) is 1.57. The first-order chi connectivity index (χ1) is 8.76. The lowest BCUT2D eigenvalue weighted by atomic mass is 10.2. The molecule has 2 heteroatoms. The van der Waals surface area contributed by atoms with Crippen LogP contribution in [0, 0.1) is 0 Å². The van der Waals surface area contributed by atoms with E-state index in [4.69, 9.17) is 4.74 Å². The van der Waals surface area contributed by atoms with E-state index in [1.54, 1.807) is 0 Å². The molecular weight excluding hydrogens is 222 g/mol. The topological polar surface area (TPSA) is 21.3 Å². The Morgan fingerprint density at radius 3 is 2.56 bits per heavy atom. The van der Waals surface area contributed by atoms with Crippen molar-refractivity contribution in [2.75, 3.05) is 13.7 Å². The van der Waals surface area contributed by atoms with Gasteiger partial charge in [-0.05, 0) is 38.1 Å². The molecule has 0 saturated heterocycles. The molecule has 0 saturated carbocycles. The first-order valence-electron chi connectivity index (χ1n) is 6.84. The third-order valence-electron chi connectivity index (χ3n) is 2.93. The maximum atomic E-state index is 5.67. The Hall–Kier alpha value is -1.28. The molecule has 0 aliphatic rings. The number of hydrogen-bond acceptors (Lipinski definition) is 2. The molecule has 1 rings (SSSR count). The molecule has 1 aromatic carbocycles. The predicted octanol–water partition coefficient (Wildman–Crippen LogP) is 3.88. The zero-order valence-electron chi connectivity index (χ0n) is 11.8. The van der Waals surface area contributed by atoms with E-state index in [0.29, 0.717) is 6.04 Å². The van der Waals surface area contributed by atoms with Gasteiger partial charge in [0.2, 0.25) is 0 Å². The van der Waals surface area contributed by atoms with E-state index < -0.39 is 0 Å². The Morgan fingerprint density at radius 1 is 1.22 bits per heavy atom. The average molecular weight is 247 g/mol. The van der Waals surface area contributed by atoms with Gasteiger partial charge in [0.05, 0.1) is 6.61 Å². The summed E-state index contributed by atoms with van der Waals surface area (Å²) in [6.45, 7) is 5.15. The van der Waals surface area contributed by atoms with Gasteiger partial charge in [-0.3, -0.25) is 0 Å². The van der Waals surface area contributed by atoms with Crippen LogP contribution in [0.25, 0.3) is 6.08 Å². The van der Waals surface area contributed by atoms with E-state index in [2.05, 4.69) is 43.4 Å². The largest absolute Gasteiger partial charge is 0.494 e. The third-order valence-corrected chi connectivity index (χ3v) is 2.93. The van der Waals surface area contributed by atoms with Crippen molar-refractivity contribution < 1.29 is 4.74 Å². The van der Waals surface area contributed by atoms with Crippen LogP contribution < -0.4 is 10.1 Å². The highest BCUT2D eigenvalue weighted by atomic mass is 16.5. The lowest BCUT2D eigenvalue weighted by Crippen LogP contribution is -2.17. The quantitative estimate of drug-likeness (QED) is 0.704.